The lowest BCUT2D eigenvalue weighted by molar-refractivity contribution is 0.0167. The summed E-state index contributed by atoms with van der Waals surface area (Å²) in [5.41, 5.74) is -0.413. The third kappa shape index (κ3) is 5.23. The standard InChI is InChI=1S/C19H34N2O2/c1-5-6-7-13-20-16-11-8-10-15(16)17-12-9-14-21(17)18(22)23-19(2,3)4/h5-6,15-17,20H,7-14H2,1-4H3/b6-5+. The Balaban J connectivity index is 1.93. The lowest BCUT2D eigenvalue weighted by Crippen LogP contribution is -2.47. The van der Waals surface area contributed by atoms with Gasteiger partial charge in [0.1, 0.15) is 5.60 Å². The number of likely N-dealkylation sites (tertiary alicyclic amines) is 1. The van der Waals surface area contributed by atoms with Crippen molar-refractivity contribution in [1.82, 2.24) is 10.2 Å². The Morgan fingerprint density at radius 1 is 1.26 bits per heavy atom. The monoisotopic (exact) mass is 322 g/mol. The second-order valence-electron chi connectivity index (χ2n) is 7.90. The van der Waals surface area contributed by atoms with Crippen molar-refractivity contribution in [2.75, 3.05) is 13.1 Å². The molecule has 0 radical (unpaired) electrons. The second-order valence-corrected chi connectivity index (χ2v) is 7.90. The number of nitrogens with zero attached hydrogens (tertiary/aromatic N) is 1. The molecule has 2 fully saturated rings. The van der Waals surface area contributed by atoms with E-state index in [1.165, 1.54) is 19.3 Å². The maximum Gasteiger partial charge on any atom is 0.410 e. The van der Waals surface area contributed by atoms with E-state index in [1.54, 1.807) is 0 Å². The highest BCUT2D eigenvalue weighted by molar-refractivity contribution is 5.69. The minimum absolute atomic E-state index is 0.125. The summed E-state index contributed by atoms with van der Waals surface area (Å²) in [7, 11) is 0. The molecule has 132 valence electrons. The maximum absolute atomic E-state index is 12.5. The van der Waals surface area contributed by atoms with E-state index in [2.05, 4.69) is 24.4 Å². The highest BCUT2D eigenvalue weighted by Gasteiger charge is 2.41. The van der Waals surface area contributed by atoms with Crippen LogP contribution in [0.3, 0.4) is 0 Å². The van der Waals surface area contributed by atoms with Gasteiger partial charge < -0.3 is 15.0 Å². The van der Waals surface area contributed by atoms with E-state index in [-0.39, 0.29) is 6.09 Å². The van der Waals surface area contributed by atoms with E-state index >= 15 is 0 Å². The average Bonchev–Trinajstić information content (AvgIpc) is 3.09. The predicted octanol–water partition coefficient (Wildman–Crippen LogP) is 4.11. The highest BCUT2D eigenvalue weighted by atomic mass is 16.6. The van der Waals surface area contributed by atoms with Crippen molar-refractivity contribution < 1.29 is 9.53 Å². The molecule has 23 heavy (non-hydrogen) atoms. The number of rotatable bonds is 5. The van der Waals surface area contributed by atoms with E-state index in [4.69, 9.17) is 4.74 Å². The third-order valence-corrected chi connectivity index (χ3v) is 4.94. The minimum atomic E-state index is -0.413. The van der Waals surface area contributed by atoms with Gasteiger partial charge in [0.25, 0.3) is 0 Å². The normalized spacial score (nSPS) is 28.7. The molecule has 1 N–H and O–H groups in total. The number of hydrogen-bond donors (Lipinski definition) is 1. The zero-order valence-electron chi connectivity index (χ0n) is 15.3. The van der Waals surface area contributed by atoms with Gasteiger partial charge >= 0.3 is 6.09 Å². The van der Waals surface area contributed by atoms with Gasteiger partial charge in [-0.1, -0.05) is 18.6 Å². The molecule has 0 spiro atoms. The minimum Gasteiger partial charge on any atom is -0.444 e. The van der Waals surface area contributed by atoms with Crippen LogP contribution >= 0.6 is 0 Å². The number of amides is 1. The molecule has 0 aromatic rings. The zero-order chi connectivity index (χ0) is 16.9. The van der Waals surface area contributed by atoms with Crippen LogP contribution in [0.4, 0.5) is 4.79 Å². The first-order valence-electron chi connectivity index (χ1n) is 9.26. The van der Waals surface area contributed by atoms with E-state index in [1.807, 2.05) is 25.7 Å². The molecule has 1 saturated heterocycles. The highest BCUT2D eigenvalue weighted by Crippen LogP contribution is 2.36. The lowest BCUT2D eigenvalue weighted by atomic mass is 9.92. The number of hydrogen-bond acceptors (Lipinski definition) is 3. The fraction of sp³-hybridized carbons (Fsp3) is 0.842. The Morgan fingerprint density at radius 3 is 2.74 bits per heavy atom. The first kappa shape index (κ1) is 18.3. The van der Waals surface area contributed by atoms with E-state index in [9.17, 15) is 4.79 Å². The molecule has 4 heteroatoms. The molecule has 0 bridgehead atoms. The topological polar surface area (TPSA) is 41.6 Å². The van der Waals surface area contributed by atoms with Crippen LogP contribution in [-0.4, -0.2) is 41.8 Å². The number of nitrogens with one attached hydrogen (secondary N) is 1. The van der Waals surface area contributed by atoms with Gasteiger partial charge in [-0.3, -0.25) is 0 Å². The van der Waals surface area contributed by atoms with Gasteiger partial charge in [0, 0.05) is 18.6 Å². The molecular formula is C19H34N2O2. The number of allylic oxidation sites excluding steroid dienone is 1. The van der Waals surface area contributed by atoms with Crippen molar-refractivity contribution >= 4 is 6.09 Å². The summed E-state index contributed by atoms with van der Waals surface area (Å²) in [6.07, 6.45) is 11.2. The summed E-state index contributed by atoms with van der Waals surface area (Å²) in [6, 6.07) is 0.903. The summed E-state index contributed by atoms with van der Waals surface area (Å²) in [4.78, 5) is 14.5. The Kier molecular flexibility index (Phi) is 6.51. The Morgan fingerprint density at radius 2 is 2.04 bits per heavy atom. The van der Waals surface area contributed by atoms with Gasteiger partial charge in [-0.2, -0.15) is 0 Å². The molecule has 0 aromatic heterocycles. The fourth-order valence-electron chi connectivity index (χ4n) is 4.01. The van der Waals surface area contributed by atoms with E-state index in [0.29, 0.717) is 18.0 Å². The van der Waals surface area contributed by atoms with Crippen molar-refractivity contribution in [3.63, 3.8) is 0 Å². The molecule has 2 rings (SSSR count). The summed E-state index contributed by atoms with van der Waals surface area (Å²) < 4.78 is 5.62. The number of ether oxygens (including phenoxy) is 1. The van der Waals surface area contributed by atoms with Gasteiger partial charge in [-0.15, -0.1) is 0 Å². The largest absolute Gasteiger partial charge is 0.444 e. The smallest absolute Gasteiger partial charge is 0.410 e. The van der Waals surface area contributed by atoms with Crippen LogP contribution in [0, 0.1) is 5.92 Å². The molecule has 1 heterocycles. The summed E-state index contributed by atoms with van der Waals surface area (Å²) >= 11 is 0. The Hall–Kier alpha value is -1.03. The van der Waals surface area contributed by atoms with Crippen LogP contribution in [0.1, 0.15) is 66.2 Å². The summed E-state index contributed by atoms with van der Waals surface area (Å²) in [5, 5.41) is 3.72. The molecule has 1 amide bonds. The Labute approximate surface area is 141 Å². The second kappa shape index (κ2) is 8.18. The van der Waals surface area contributed by atoms with E-state index in [0.717, 1.165) is 32.4 Å². The van der Waals surface area contributed by atoms with Crippen LogP contribution in [-0.2, 0) is 4.74 Å². The SMILES string of the molecule is C/C=C/CCNC1CCCC1C1CCCN1C(=O)OC(C)(C)C. The van der Waals surface area contributed by atoms with Crippen LogP contribution in [0.25, 0.3) is 0 Å². The van der Waals surface area contributed by atoms with Gasteiger partial charge in [0.2, 0.25) is 0 Å². The number of carbonyl (C=O) groups excluding carboxylic acids is 1. The van der Waals surface area contributed by atoms with Crippen molar-refractivity contribution in [2.45, 2.75) is 83.9 Å². The maximum atomic E-state index is 12.5. The van der Waals surface area contributed by atoms with Crippen LogP contribution in [0.15, 0.2) is 12.2 Å². The molecule has 3 atom stereocenters. The van der Waals surface area contributed by atoms with Gasteiger partial charge in [0.15, 0.2) is 0 Å². The van der Waals surface area contributed by atoms with Crippen LogP contribution in [0.2, 0.25) is 0 Å². The van der Waals surface area contributed by atoms with Gasteiger partial charge in [0.05, 0.1) is 0 Å². The summed E-state index contributed by atoms with van der Waals surface area (Å²) in [6.45, 7) is 9.77. The fourth-order valence-corrected chi connectivity index (χ4v) is 4.01. The first-order valence-corrected chi connectivity index (χ1v) is 9.26. The quantitative estimate of drug-likeness (QED) is 0.612. The van der Waals surface area contributed by atoms with Crippen molar-refractivity contribution in [3.05, 3.63) is 12.2 Å². The van der Waals surface area contributed by atoms with Gasteiger partial charge in [-0.25, -0.2) is 4.79 Å². The lowest BCUT2D eigenvalue weighted by Gasteiger charge is -2.34. The van der Waals surface area contributed by atoms with Crippen molar-refractivity contribution in [1.29, 1.82) is 0 Å². The molecule has 1 aliphatic heterocycles. The zero-order valence-corrected chi connectivity index (χ0v) is 15.3. The molecule has 0 aromatic carbocycles. The van der Waals surface area contributed by atoms with Crippen LogP contribution < -0.4 is 5.32 Å². The molecule has 3 unspecified atom stereocenters. The molecule has 1 saturated carbocycles. The van der Waals surface area contributed by atoms with Crippen LogP contribution in [0.5, 0.6) is 0 Å². The molecule has 4 nitrogen and oxygen atoms in total. The average molecular weight is 322 g/mol. The van der Waals surface area contributed by atoms with E-state index < -0.39 is 5.60 Å². The predicted molar refractivity (Wildman–Crippen MR) is 94.5 cm³/mol. The molecule has 1 aliphatic carbocycles. The van der Waals surface area contributed by atoms with Gasteiger partial charge in [-0.05, 0) is 72.3 Å². The Bertz CT molecular complexity index is 414. The first-order chi connectivity index (χ1) is 10.9. The van der Waals surface area contributed by atoms with Crippen molar-refractivity contribution in [3.8, 4) is 0 Å². The summed E-state index contributed by atoms with van der Waals surface area (Å²) in [5.74, 6) is 0.579. The number of carbonyl (C=O) groups is 1. The third-order valence-electron chi connectivity index (χ3n) is 4.94. The molecular weight excluding hydrogens is 288 g/mol. The van der Waals surface area contributed by atoms with Crippen molar-refractivity contribution in [2.24, 2.45) is 5.92 Å². The molecule has 2 aliphatic rings.